The normalized spacial score (nSPS) is 12.7. The Hall–Kier alpha value is -4.01. The fraction of sp³-hybridized carbons (Fsp3) is 0.0556. The number of nitrogens with one attached hydrogen (secondary N) is 3. The van der Waals surface area contributed by atoms with Crippen molar-refractivity contribution in [2.75, 3.05) is 22.7 Å². The molecule has 9 heteroatoms. The third kappa shape index (κ3) is 2.61. The van der Waals surface area contributed by atoms with Crippen LogP contribution in [0.25, 0.3) is 10.9 Å². The van der Waals surface area contributed by atoms with Crippen molar-refractivity contribution in [3.8, 4) is 0 Å². The van der Waals surface area contributed by atoms with Crippen LogP contribution in [0.15, 0.2) is 53.9 Å². The largest absolute Gasteiger partial charge is 0.361 e. The second kappa shape index (κ2) is 6.06. The van der Waals surface area contributed by atoms with Gasteiger partial charge in [0.05, 0.1) is 11.9 Å². The maximum atomic E-state index is 4.50. The Morgan fingerprint density at radius 3 is 3.00 bits per heavy atom. The molecular weight excluding hydrogens is 342 g/mol. The first kappa shape index (κ1) is 15.3. The Bertz CT molecular complexity index is 1160. The molecule has 1 aromatic carbocycles. The summed E-state index contributed by atoms with van der Waals surface area (Å²) < 4.78 is 0. The van der Waals surface area contributed by atoms with Gasteiger partial charge in [-0.05, 0) is 18.2 Å². The van der Waals surface area contributed by atoms with E-state index in [2.05, 4.69) is 41.0 Å². The van der Waals surface area contributed by atoms with Crippen molar-refractivity contribution in [3.05, 3.63) is 54.4 Å². The number of nitrogens with zero attached hydrogens (tertiary/aromatic N) is 6. The number of anilines is 5. The number of benzene rings is 1. The van der Waals surface area contributed by atoms with Gasteiger partial charge in [0.1, 0.15) is 0 Å². The molecule has 5 rings (SSSR count). The first-order chi connectivity index (χ1) is 13.3. The molecule has 3 N–H and O–H groups in total. The standard InChI is InChI=1S/C18H15N9/c1-27-14-7-4-8-19-15(14)22-16-17(27)23-18(26-24-16)25-21-10-11-9-20-13-6-3-2-5-12(11)13/h2-10,20H,1H3,(H,19,22,24)(H,23,25,26). The Balaban J connectivity index is 1.39. The van der Waals surface area contributed by atoms with E-state index in [1.165, 1.54) is 0 Å². The Morgan fingerprint density at radius 1 is 1.11 bits per heavy atom. The van der Waals surface area contributed by atoms with Crippen LogP contribution < -0.4 is 15.6 Å². The minimum atomic E-state index is 0.311. The van der Waals surface area contributed by atoms with Gasteiger partial charge in [0.15, 0.2) is 17.5 Å². The topological polar surface area (TPSA) is 107 Å². The molecule has 1 aliphatic heterocycles. The van der Waals surface area contributed by atoms with Crippen molar-refractivity contribution in [2.45, 2.75) is 0 Å². The molecule has 0 spiro atoms. The zero-order valence-electron chi connectivity index (χ0n) is 14.4. The van der Waals surface area contributed by atoms with Gasteiger partial charge in [0.2, 0.25) is 0 Å². The third-order valence-corrected chi connectivity index (χ3v) is 4.36. The van der Waals surface area contributed by atoms with E-state index < -0.39 is 0 Å². The molecule has 3 aromatic heterocycles. The van der Waals surface area contributed by atoms with Gasteiger partial charge in [-0.3, -0.25) is 0 Å². The van der Waals surface area contributed by atoms with E-state index in [0.717, 1.165) is 28.0 Å². The average molecular weight is 357 g/mol. The lowest BCUT2D eigenvalue weighted by Crippen LogP contribution is -2.21. The van der Waals surface area contributed by atoms with Crippen molar-refractivity contribution in [3.63, 3.8) is 0 Å². The summed E-state index contributed by atoms with van der Waals surface area (Å²) >= 11 is 0. The van der Waals surface area contributed by atoms with Crippen molar-refractivity contribution < 1.29 is 0 Å². The van der Waals surface area contributed by atoms with E-state index in [9.17, 15) is 0 Å². The van der Waals surface area contributed by atoms with Crippen LogP contribution in [-0.4, -0.2) is 38.4 Å². The maximum Gasteiger partial charge on any atom is 0.265 e. The molecule has 9 nitrogen and oxygen atoms in total. The minimum Gasteiger partial charge on any atom is -0.361 e. The molecule has 132 valence electrons. The molecule has 4 heterocycles. The van der Waals surface area contributed by atoms with Gasteiger partial charge in [-0.2, -0.15) is 10.1 Å². The smallest absolute Gasteiger partial charge is 0.265 e. The van der Waals surface area contributed by atoms with E-state index in [1.54, 1.807) is 12.4 Å². The molecule has 0 radical (unpaired) electrons. The van der Waals surface area contributed by atoms with Crippen LogP contribution in [0.3, 0.4) is 0 Å². The monoisotopic (exact) mass is 357 g/mol. The van der Waals surface area contributed by atoms with E-state index >= 15 is 0 Å². The SMILES string of the molecule is CN1c2cccnc2Nc2nnc(NN=Cc3c[nH]c4ccccc34)nc21. The predicted octanol–water partition coefficient (Wildman–Crippen LogP) is 3.02. The first-order valence-corrected chi connectivity index (χ1v) is 8.35. The maximum absolute atomic E-state index is 4.50. The number of aromatic amines is 1. The zero-order valence-corrected chi connectivity index (χ0v) is 14.4. The van der Waals surface area contributed by atoms with Gasteiger partial charge < -0.3 is 15.2 Å². The first-order valence-electron chi connectivity index (χ1n) is 8.35. The molecule has 4 aromatic rings. The van der Waals surface area contributed by atoms with Gasteiger partial charge in [-0.15, -0.1) is 10.2 Å². The highest BCUT2D eigenvalue weighted by Crippen LogP contribution is 2.38. The third-order valence-electron chi connectivity index (χ3n) is 4.36. The molecule has 27 heavy (non-hydrogen) atoms. The van der Waals surface area contributed by atoms with Crippen LogP contribution in [0.5, 0.6) is 0 Å². The van der Waals surface area contributed by atoms with Crippen LogP contribution in [0.4, 0.5) is 29.1 Å². The number of hydrogen-bond donors (Lipinski definition) is 3. The highest BCUT2D eigenvalue weighted by atomic mass is 15.4. The van der Waals surface area contributed by atoms with Crippen LogP contribution in [-0.2, 0) is 0 Å². The van der Waals surface area contributed by atoms with E-state index in [0.29, 0.717) is 17.6 Å². The number of para-hydroxylation sites is 1. The van der Waals surface area contributed by atoms with Crippen molar-refractivity contribution >= 4 is 46.2 Å². The summed E-state index contributed by atoms with van der Waals surface area (Å²) in [6, 6.07) is 11.9. The molecule has 0 aliphatic carbocycles. The van der Waals surface area contributed by atoms with Crippen LogP contribution >= 0.6 is 0 Å². The van der Waals surface area contributed by atoms with E-state index in [4.69, 9.17) is 0 Å². The Kier molecular flexibility index (Phi) is 3.42. The van der Waals surface area contributed by atoms with Crippen molar-refractivity contribution in [2.24, 2.45) is 5.10 Å². The number of pyridine rings is 1. The average Bonchev–Trinajstić information content (AvgIpc) is 3.12. The van der Waals surface area contributed by atoms with Crippen LogP contribution in [0.2, 0.25) is 0 Å². The van der Waals surface area contributed by atoms with Gasteiger partial charge in [-0.25, -0.2) is 10.4 Å². The van der Waals surface area contributed by atoms with Crippen molar-refractivity contribution in [1.29, 1.82) is 0 Å². The summed E-state index contributed by atoms with van der Waals surface area (Å²) in [4.78, 5) is 13.9. The molecule has 1 aliphatic rings. The highest BCUT2D eigenvalue weighted by molar-refractivity contribution is 5.99. The van der Waals surface area contributed by atoms with Crippen molar-refractivity contribution in [1.82, 2.24) is 25.1 Å². The lowest BCUT2D eigenvalue weighted by Gasteiger charge is -2.27. The molecule has 0 saturated carbocycles. The summed E-state index contributed by atoms with van der Waals surface area (Å²) in [5.41, 5.74) is 5.79. The Morgan fingerprint density at radius 2 is 2.04 bits per heavy atom. The second-order valence-corrected chi connectivity index (χ2v) is 6.02. The van der Waals surface area contributed by atoms with Gasteiger partial charge in [-0.1, -0.05) is 18.2 Å². The summed E-state index contributed by atoms with van der Waals surface area (Å²) in [7, 11) is 1.91. The summed E-state index contributed by atoms with van der Waals surface area (Å²) in [6.07, 6.45) is 5.35. The summed E-state index contributed by atoms with van der Waals surface area (Å²) in [6.45, 7) is 0. The molecule has 0 bridgehead atoms. The fourth-order valence-electron chi connectivity index (χ4n) is 3.03. The number of H-pyrrole nitrogens is 1. The molecule has 0 unspecified atom stereocenters. The molecular formula is C18H15N9. The van der Waals surface area contributed by atoms with Gasteiger partial charge in [0.25, 0.3) is 5.95 Å². The summed E-state index contributed by atoms with van der Waals surface area (Å²) in [5.74, 6) is 2.23. The number of aromatic nitrogens is 5. The van der Waals surface area contributed by atoms with E-state index in [1.807, 2.05) is 54.5 Å². The fourth-order valence-corrected chi connectivity index (χ4v) is 3.03. The molecule has 0 amide bonds. The number of hydrazone groups is 1. The second-order valence-electron chi connectivity index (χ2n) is 6.02. The highest BCUT2D eigenvalue weighted by Gasteiger charge is 2.23. The zero-order chi connectivity index (χ0) is 18.2. The van der Waals surface area contributed by atoms with Gasteiger partial charge in [0, 0.05) is 35.9 Å². The van der Waals surface area contributed by atoms with E-state index in [-0.39, 0.29) is 0 Å². The van der Waals surface area contributed by atoms with Crippen LogP contribution in [0.1, 0.15) is 5.56 Å². The number of fused-ring (bicyclic) bond motifs is 3. The lowest BCUT2D eigenvalue weighted by atomic mass is 10.2. The quantitative estimate of drug-likeness (QED) is 0.382. The molecule has 0 atom stereocenters. The van der Waals surface area contributed by atoms with Gasteiger partial charge >= 0.3 is 0 Å². The molecule has 0 saturated heterocycles. The summed E-state index contributed by atoms with van der Waals surface area (Å²) in [5, 5.41) is 16.7. The molecule has 0 fully saturated rings. The van der Waals surface area contributed by atoms with Crippen LogP contribution in [0, 0.1) is 0 Å². The number of rotatable bonds is 3. The lowest BCUT2D eigenvalue weighted by molar-refractivity contribution is 0.937. The minimum absolute atomic E-state index is 0.311. The number of hydrogen-bond acceptors (Lipinski definition) is 8. The predicted molar refractivity (Wildman–Crippen MR) is 105 cm³/mol. The Labute approximate surface area is 154 Å².